The molecule has 282 valence electrons. The van der Waals surface area contributed by atoms with E-state index in [1.807, 2.05) is 13.1 Å². The Morgan fingerprint density at radius 2 is 1.49 bits per heavy atom. The van der Waals surface area contributed by atoms with Crippen molar-refractivity contribution in [3.8, 4) is 11.5 Å². The van der Waals surface area contributed by atoms with Gasteiger partial charge in [-0.05, 0) is 117 Å². The first-order valence-electron chi connectivity index (χ1n) is 18.4. The van der Waals surface area contributed by atoms with Gasteiger partial charge >= 0.3 is 11.9 Å². The minimum Gasteiger partial charge on any atom is -0.490 e. The maximum Gasteiger partial charge on any atom is 0.328 e. The molecule has 0 aliphatic heterocycles. The van der Waals surface area contributed by atoms with E-state index in [2.05, 4.69) is 110 Å². The summed E-state index contributed by atoms with van der Waals surface area (Å²) in [7, 11) is 6.17. The first-order chi connectivity index (χ1) is 25.6. The van der Waals surface area contributed by atoms with Gasteiger partial charge in [0, 0.05) is 30.7 Å². The van der Waals surface area contributed by atoms with Crippen LogP contribution in [0.2, 0.25) is 0 Å². The third-order valence-corrected chi connectivity index (χ3v) is 9.31. The highest BCUT2D eigenvalue weighted by molar-refractivity contribution is 5.89. The number of hydrogen-bond donors (Lipinski definition) is 3. The Hall–Kier alpha value is -5.12. The highest BCUT2D eigenvalue weighted by atomic mass is 16.5. The number of fused-ring (bicyclic) bond motifs is 2. The highest BCUT2D eigenvalue weighted by Crippen LogP contribution is 2.32. The molecule has 0 spiro atoms. The van der Waals surface area contributed by atoms with Crippen molar-refractivity contribution in [1.82, 2.24) is 10.2 Å². The van der Waals surface area contributed by atoms with Crippen molar-refractivity contribution in [2.24, 2.45) is 5.92 Å². The second-order valence-electron chi connectivity index (χ2n) is 13.7. The van der Waals surface area contributed by atoms with Crippen LogP contribution in [-0.2, 0) is 9.59 Å². The van der Waals surface area contributed by atoms with Gasteiger partial charge in [0.25, 0.3) is 0 Å². The number of furan rings is 1. The smallest absolute Gasteiger partial charge is 0.328 e. The number of carboxylic acid groups (broad SMARTS) is 2. The van der Waals surface area contributed by atoms with Crippen LogP contribution in [0.15, 0.2) is 114 Å². The number of nitrogens with one attached hydrogen (secondary N) is 1. The monoisotopic (exact) mass is 722 g/mol. The normalized spacial score (nSPS) is 14.2. The highest BCUT2D eigenvalue weighted by Gasteiger charge is 2.25. The number of aliphatic carboxylic acids is 2. The Balaban J connectivity index is 0.000000197. The molecular weight excluding hydrogens is 668 g/mol. The number of rotatable bonds is 14. The van der Waals surface area contributed by atoms with Crippen molar-refractivity contribution in [3.63, 3.8) is 0 Å². The van der Waals surface area contributed by atoms with Crippen molar-refractivity contribution in [2.45, 2.75) is 64.1 Å². The minimum absolute atomic E-state index is 0.00304. The second-order valence-corrected chi connectivity index (χ2v) is 13.7. The summed E-state index contributed by atoms with van der Waals surface area (Å²) in [5.41, 5.74) is 2.31. The zero-order valence-electron chi connectivity index (χ0n) is 31.4. The molecule has 1 aliphatic rings. The van der Waals surface area contributed by atoms with Crippen LogP contribution in [0, 0.1) is 12.8 Å². The third kappa shape index (κ3) is 13.7. The number of nitrogens with zero attached hydrogens (tertiary/aromatic N) is 1. The van der Waals surface area contributed by atoms with Gasteiger partial charge in [0.1, 0.15) is 23.7 Å². The van der Waals surface area contributed by atoms with Gasteiger partial charge in [-0.15, -0.1) is 0 Å². The molecule has 9 nitrogen and oxygen atoms in total. The van der Waals surface area contributed by atoms with E-state index >= 15 is 0 Å². The van der Waals surface area contributed by atoms with Crippen molar-refractivity contribution in [3.05, 3.63) is 121 Å². The molecular formula is C44H54N2O7. The van der Waals surface area contributed by atoms with Gasteiger partial charge < -0.3 is 34.3 Å². The topological polar surface area (TPSA) is 121 Å². The van der Waals surface area contributed by atoms with Crippen LogP contribution in [0.4, 0.5) is 0 Å². The Labute approximate surface area is 313 Å². The lowest BCUT2D eigenvalue weighted by molar-refractivity contribution is -0.134. The molecule has 0 saturated heterocycles. The molecule has 6 rings (SSSR count). The van der Waals surface area contributed by atoms with Crippen LogP contribution in [0.25, 0.3) is 21.5 Å². The van der Waals surface area contributed by atoms with E-state index in [1.54, 1.807) is 12.5 Å². The summed E-state index contributed by atoms with van der Waals surface area (Å²) in [6, 6.07) is 29.6. The standard InChI is InChI=1S/C20H23NO2.C20H27NO.C4H4O4/c1-15-12-18(13-16-6-4-5-7-19(15)16)23-20(8-10-21(2)3)17-9-11-22-14-17;1-21-14-13-20(17-8-3-2-4-9-17)22-19-12-11-16-7-5-6-10-18(16)15-19;5-3(6)1-2-4(7)8/h4-7,9,11-14,20H,8,10H2,1-3H3;5-7,10-12,15,17,20-21H,2-4,8-9,13-14H2,1H3;1-2H,(H,5,6)(H,7,8)/b;;2-1-. The minimum atomic E-state index is -1.26. The zero-order valence-corrected chi connectivity index (χ0v) is 31.4. The van der Waals surface area contributed by atoms with Crippen molar-refractivity contribution in [2.75, 3.05) is 34.2 Å². The van der Waals surface area contributed by atoms with E-state index in [0.29, 0.717) is 24.2 Å². The number of aryl methyl sites for hydroxylation is 1. The molecule has 0 radical (unpaired) electrons. The van der Waals surface area contributed by atoms with E-state index < -0.39 is 11.9 Å². The average Bonchev–Trinajstić information content (AvgIpc) is 3.70. The zero-order chi connectivity index (χ0) is 38.0. The van der Waals surface area contributed by atoms with Gasteiger partial charge in [-0.2, -0.15) is 0 Å². The number of carboxylic acids is 2. The van der Waals surface area contributed by atoms with Gasteiger partial charge in [-0.3, -0.25) is 0 Å². The fourth-order valence-electron chi connectivity index (χ4n) is 6.57. The summed E-state index contributed by atoms with van der Waals surface area (Å²) in [6.07, 6.45) is 13.7. The van der Waals surface area contributed by atoms with E-state index in [-0.39, 0.29) is 6.10 Å². The van der Waals surface area contributed by atoms with E-state index in [0.717, 1.165) is 43.0 Å². The first kappa shape index (κ1) is 40.6. The summed E-state index contributed by atoms with van der Waals surface area (Å²) in [4.78, 5) is 21.3. The third-order valence-electron chi connectivity index (χ3n) is 9.31. The summed E-state index contributed by atoms with van der Waals surface area (Å²) < 4.78 is 18.0. The van der Waals surface area contributed by atoms with Crippen LogP contribution in [0.3, 0.4) is 0 Å². The second kappa shape index (κ2) is 21.4. The molecule has 4 aromatic carbocycles. The first-order valence-corrected chi connectivity index (χ1v) is 18.4. The maximum atomic E-state index is 9.55. The molecule has 53 heavy (non-hydrogen) atoms. The van der Waals surface area contributed by atoms with Crippen molar-refractivity contribution < 1.29 is 33.7 Å². The molecule has 1 heterocycles. The molecule has 3 N–H and O–H groups in total. The number of carbonyl (C=O) groups is 2. The molecule has 1 saturated carbocycles. The van der Waals surface area contributed by atoms with E-state index in [4.69, 9.17) is 24.1 Å². The Kier molecular flexibility index (Phi) is 16.4. The molecule has 2 atom stereocenters. The van der Waals surface area contributed by atoms with Crippen LogP contribution in [0.5, 0.6) is 11.5 Å². The summed E-state index contributed by atoms with van der Waals surface area (Å²) in [5, 5.41) is 23.9. The summed E-state index contributed by atoms with van der Waals surface area (Å²) >= 11 is 0. The quantitative estimate of drug-likeness (QED) is 0.0963. The predicted octanol–water partition coefficient (Wildman–Crippen LogP) is 9.30. The SMILES string of the molecule is CNCCC(Oc1ccc2ccccc2c1)C1CCCCC1.Cc1cc(OC(CCN(C)C)c2ccoc2)cc2ccccc12.O=C(O)/C=C\C(=O)O. The molecule has 0 amide bonds. The molecule has 1 aromatic heterocycles. The Bertz CT molecular complexity index is 1860. The Morgan fingerprint density at radius 3 is 2.13 bits per heavy atom. The fourth-order valence-corrected chi connectivity index (χ4v) is 6.57. The van der Waals surface area contributed by atoms with Gasteiger partial charge in [-0.25, -0.2) is 9.59 Å². The summed E-state index contributed by atoms with van der Waals surface area (Å²) in [5.74, 6) is 0.130. The van der Waals surface area contributed by atoms with E-state index in [1.165, 1.54) is 59.2 Å². The van der Waals surface area contributed by atoms with Crippen LogP contribution < -0.4 is 14.8 Å². The van der Waals surface area contributed by atoms with Gasteiger partial charge in [0.05, 0.1) is 12.5 Å². The molecule has 1 aliphatic carbocycles. The molecule has 0 bridgehead atoms. The van der Waals surface area contributed by atoms with Crippen molar-refractivity contribution in [1.29, 1.82) is 0 Å². The summed E-state index contributed by atoms with van der Waals surface area (Å²) in [6.45, 7) is 4.11. The van der Waals surface area contributed by atoms with Crippen LogP contribution in [0.1, 0.15) is 62.2 Å². The van der Waals surface area contributed by atoms with Crippen LogP contribution >= 0.6 is 0 Å². The molecule has 5 aromatic rings. The molecule has 9 heteroatoms. The number of ether oxygens (including phenoxy) is 2. The average molecular weight is 723 g/mol. The lowest BCUT2D eigenvalue weighted by atomic mass is 9.84. The van der Waals surface area contributed by atoms with Gasteiger partial charge in [-0.1, -0.05) is 73.9 Å². The van der Waals surface area contributed by atoms with Gasteiger partial charge in [0.15, 0.2) is 0 Å². The fraction of sp³-hybridized carbons (Fsp3) is 0.364. The lowest BCUT2D eigenvalue weighted by Gasteiger charge is -2.31. The van der Waals surface area contributed by atoms with Crippen molar-refractivity contribution >= 4 is 33.5 Å². The predicted molar refractivity (Wildman–Crippen MR) is 212 cm³/mol. The maximum absolute atomic E-state index is 9.55. The molecule has 2 unspecified atom stereocenters. The molecule has 1 fully saturated rings. The largest absolute Gasteiger partial charge is 0.490 e. The number of hydrogen-bond acceptors (Lipinski definition) is 7. The van der Waals surface area contributed by atoms with Crippen LogP contribution in [-0.4, -0.2) is 67.4 Å². The van der Waals surface area contributed by atoms with E-state index in [9.17, 15) is 9.59 Å². The van der Waals surface area contributed by atoms with Gasteiger partial charge in [0.2, 0.25) is 0 Å². The lowest BCUT2D eigenvalue weighted by Crippen LogP contribution is -2.31. The Morgan fingerprint density at radius 1 is 0.830 bits per heavy atom. The number of benzene rings is 4.